The van der Waals surface area contributed by atoms with Gasteiger partial charge in [0.05, 0.1) is 0 Å². The number of nitrogens with two attached hydrogens (primary N) is 1. The third-order valence-corrected chi connectivity index (χ3v) is 2.62. The molecule has 17 heavy (non-hydrogen) atoms. The number of aromatic hydroxyl groups is 3. The van der Waals surface area contributed by atoms with Crippen LogP contribution in [0.4, 0.5) is 0 Å². The Morgan fingerprint density at radius 2 is 1.65 bits per heavy atom. The summed E-state index contributed by atoms with van der Waals surface area (Å²) < 4.78 is 0. The summed E-state index contributed by atoms with van der Waals surface area (Å²) in [6, 6.07) is 2.54. The maximum absolute atomic E-state index is 9.62. The van der Waals surface area contributed by atoms with Gasteiger partial charge in [0.2, 0.25) is 5.75 Å². The lowest BCUT2D eigenvalue weighted by atomic mass is 9.97. The number of hydrogen-bond donors (Lipinski definition) is 4. The van der Waals surface area contributed by atoms with Gasteiger partial charge in [0.15, 0.2) is 11.5 Å². The number of hydrogen-bond acceptors (Lipinski definition) is 4. The minimum atomic E-state index is -0.502. The Morgan fingerprint density at radius 3 is 2.18 bits per heavy atom. The highest BCUT2D eigenvalue weighted by atomic mass is 35.5. The second-order valence-corrected chi connectivity index (χ2v) is 4.45. The Bertz CT molecular complexity index is 369. The van der Waals surface area contributed by atoms with Crippen LogP contribution in [0.1, 0.15) is 38.3 Å². The molecule has 0 aliphatic rings. The molecule has 4 nitrogen and oxygen atoms in total. The molecule has 5 N–H and O–H groups in total. The minimum absolute atomic E-state index is 0. The zero-order chi connectivity index (χ0) is 12.3. The van der Waals surface area contributed by atoms with Crippen molar-refractivity contribution in [1.82, 2.24) is 0 Å². The van der Waals surface area contributed by atoms with E-state index in [0.717, 1.165) is 12.8 Å². The van der Waals surface area contributed by atoms with Crippen LogP contribution < -0.4 is 5.73 Å². The first-order valence-corrected chi connectivity index (χ1v) is 5.42. The molecule has 0 amide bonds. The van der Waals surface area contributed by atoms with Gasteiger partial charge in [-0.15, -0.1) is 12.4 Å². The van der Waals surface area contributed by atoms with Gasteiger partial charge < -0.3 is 21.1 Å². The van der Waals surface area contributed by atoms with Crippen molar-refractivity contribution in [2.75, 3.05) is 0 Å². The largest absolute Gasteiger partial charge is 0.504 e. The highest BCUT2D eigenvalue weighted by Crippen LogP contribution is 2.40. The van der Waals surface area contributed by atoms with Gasteiger partial charge in [-0.25, -0.2) is 0 Å². The van der Waals surface area contributed by atoms with E-state index in [0.29, 0.717) is 11.5 Å². The first-order chi connectivity index (χ1) is 7.43. The van der Waals surface area contributed by atoms with Crippen LogP contribution in [-0.2, 0) is 0 Å². The molecule has 0 heterocycles. The number of halogens is 1. The van der Waals surface area contributed by atoms with Crippen LogP contribution in [0.5, 0.6) is 17.2 Å². The van der Waals surface area contributed by atoms with Crippen LogP contribution in [0.15, 0.2) is 12.1 Å². The molecule has 1 aromatic rings. The Hall–Kier alpha value is -1.13. The molecular formula is C12H20ClNO3. The van der Waals surface area contributed by atoms with Crippen LogP contribution in [0.2, 0.25) is 0 Å². The topological polar surface area (TPSA) is 86.7 Å². The second kappa shape index (κ2) is 6.57. The van der Waals surface area contributed by atoms with Crippen molar-refractivity contribution in [2.24, 2.45) is 11.7 Å². The Morgan fingerprint density at radius 1 is 1.06 bits per heavy atom. The van der Waals surface area contributed by atoms with E-state index >= 15 is 0 Å². The van der Waals surface area contributed by atoms with Gasteiger partial charge in [-0.2, -0.15) is 0 Å². The second-order valence-electron chi connectivity index (χ2n) is 4.45. The molecule has 5 heteroatoms. The van der Waals surface area contributed by atoms with Crippen molar-refractivity contribution in [3.63, 3.8) is 0 Å². The third-order valence-electron chi connectivity index (χ3n) is 2.62. The van der Waals surface area contributed by atoms with Gasteiger partial charge in [-0.3, -0.25) is 0 Å². The van der Waals surface area contributed by atoms with Crippen LogP contribution in [0, 0.1) is 5.92 Å². The molecule has 1 aromatic carbocycles. The Kier molecular flexibility index (Phi) is 6.13. The molecule has 0 radical (unpaired) electrons. The van der Waals surface area contributed by atoms with E-state index in [1.807, 2.05) is 0 Å². The normalized spacial score (nSPS) is 12.2. The molecule has 0 saturated heterocycles. The van der Waals surface area contributed by atoms with Gasteiger partial charge in [0.1, 0.15) is 0 Å². The van der Waals surface area contributed by atoms with E-state index in [-0.39, 0.29) is 29.9 Å². The quantitative estimate of drug-likeness (QED) is 0.628. The van der Waals surface area contributed by atoms with E-state index in [4.69, 9.17) is 5.73 Å². The summed E-state index contributed by atoms with van der Waals surface area (Å²) in [7, 11) is 0. The van der Waals surface area contributed by atoms with Crippen LogP contribution in [-0.4, -0.2) is 15.3 Å². The van der Waals surface area contributed by atoms with E-state index < -0.39 is 5.75 Å². The van der Waals surface area contributed by atoms with Crippen molar-refractivity contribution >= 4 is 12.4 Å². The van der Waals surface area contributed by atoms with Gasteiger partial charge in [-0.1, -0.05) is 13.8 Å². The minimum Gasteiger partial charge on any atom is -0.504 e. The molecule has 0 aliphatic carbocycles. The van der Waals surface area contributed by atoms with E-state index in [1.165, 1.54) is 12.1 Å². The fraction of sp³-hybridized carbons (Fsp3) is 0.500. The summed E-state index contributed by atoms with van der Waals surface area (Å²) in [4.78, 5) is 0. The van der Waals surface area contributed by atoms with Gasteiger partial charge in [0.25, 0.3) is 0 Å². The molecule has 0 bridgehead atoms. The predicted octanol–water partition coefficient (Wildman–Crippen LogP) is 2.66. The Balaban J connectivity index is 0.00000256. The van der Waals surface area contributed by atoms with Crippen LogP contribution >= 0.6 is 12.4 Å². The summed E-state index contributed by atoms with van der Waals surface area (Å²) in [5, 5.41) is 28.2. The fourth-order valence-electron chi connectivity index (χ4n) is 1.55. The summed E-state index contributed by atoms with van der Waals surface area (Å²) in [5.41, 5.74) is 6.38. The first kappa shape index (κ1) is 15.9. The summed E-state index contributed by atoms with van der Waals surface area (Å²) in [6.07, 6.45) is 1.68. The molecule has 98 valence electrons. The lowest BCUT2D eigenvalue weighted by Gasteiger charge is -2.15. The lowest BCUT2D eigenvalue weighted by molar-refractivity contribution is 0.361. The monoisotopic (exact) mass is 261 g/mol. The molecule has 1 atom stereocenters. The van der Waals surface area contributed by atoms with Crippen molar-refractivity contribution < 1.29 is 15.3 Å². The van der Waals surface area contributed by atoms with E-state index in [9.17, 15) is 15.3 Å². The van der Waals surface area contributed by atoms with Crippen molar-refractivity contribution in [3.05, 3.63) is 17.7 Å². The zero-order valence-electron chi connectivity index (χ0n) is 10.1. The molecule has 1 rings (SSSR count). The maximum Gasteiger partial charge on any atom is 0.200 e. The molecule has 0 spiro atoms. The lowest BCUT2D eigenvalue weighted by Crippen LogP contribution is -2.11. The molecule has 0 fully saturated rings. The average molecular weight is 262 g/mol. The van der Waals surface area contributed by atoms with Gasteiger partial charge in [0, 0.05) is 11.6 Å². The summed E-state index contributed by atoms with van der Waals surface area (Å²) in [6.45, 7) is 4.20. The van der Waals surface area contributed by atoms with Crippen LogP contribution in [0.3, 0.4) is 0 Å². The van der Waals surface area contributed by atoms with Crippen molar-refractivity contribution in [3.8, 4) is 17.2 Å². The molecule has 0 aromatic heterocycles. The molecule has 0 unspecified atom stereocenters. The number of rotatable bonds is 4. The number of phenols is 3. The molecule has 0 aliphatic heterocycles. The average Bonchev–Trinajstić information content (AvgIpc) is 2.23. The number of phenolic OH excluding ortho intramolecular Hbond substituents is 3. The summed E-state index contributed by atoms with van der Waals surface area (Å²) in [5.74, 6) is -0.620. The standard InChI is InChI=1S/C12H19NO3.ClH/c1-7(2)3-5-9(13)8-4-6-10(14)12(16)11(8)15;/h4,6-7,9,14-16H,3,5,13H2,1-2H3;1H/t9-;/m0./s1. The zero-order valence-corrected chi connectivity index (χ0v) is 10.9. The van der Waals surface area contributed by atoms with Crippen molar-refractivity contribution in [1.29, 1.82) is 0 Å². The highest BCUT2D eigenvalue weighted by molar-refractivity contribution is 5.85. The van der Waals surface area contributed by atoms with Crippen molar-refractivity contribution in [2.45, 2.75) is 32.7 Å². The van der Waals surface area contributed by atoms with Gasteiger partial charge >= 0.3 is 0 Å². The maximum atomic E-state index is 9.62. The SMILES string of the molecule is CC(C)CC[C@H](N)c1ccc(O)c(O)c1O.Cl. The number of benzene rings is 1. The summed E-state index contributed by atoms with van der Waals surface area (Å²) >= 11 is 0. The van der Waals surface area contributed by atoms with E-state index in [2.05, 4.69) is 13.8 Å². The highest BCUT2D eigenvalue weighted by Gasteiger charge is 2.16. The molecule has 0 saturated carbocycles. The first-order valence-electron chi connectivity index (χ1n) is 5.42. The molecular weight excluding hydrogens is 242 g/mol. The van der Waals surface area contributed by atoms with Crippen LogP contribution in [0.25, 0.3) is 0 Å². The smallest absolute Gasteiger partial charge is 0.200 e. The predicted molar refractivity (Wildman–Crippen MR) is 69.7 cm³/mol. The third kappa shape index (κ3) is 3.98. The fourth-order valence-corrected chi connectivity index (χ4v) is 1.55. The van der Waals surface area contributed by atoms with E-state index in [1.54, 1.807) is 0 Å². The Labute approximate surface area is 107 Å². The van der Waals surface area contributed by atoms with Gasteiger partial charge in [-0.05, 0) is 30.9 Å².